The second kappa shape index (κ2) is 20.1. The molecule has 0 saturated heterocycles. The summed E-state index contributed by atoms with van der Waals surface area (Å²) in [5, 5.41) is 0. The molecule has 44 valence electrons. The zero-order valence-corrected chi connectivity index (χ0v) is 16.7. The molecule has 0 spiro atoms. The second-order valence-electron chi connectivity index (χ2n) is 0.529. The van der Waals surface area contributed by atoms with E-state index in [1.54, 1.807) is 0 Å². The van der Waals surface area contributed by atoms with E-state index in [1.165, 1.54) is 0 Å². The molecule has 11 heteroatoms. The maximum absolute atomic E-state index is 9.24. The largest absolute Gasteiger partial charge is 1.00 e. The van der Waals surface area contributed by atoms with Gasteiger partial charge >= 0.3 is 118 Å². The van der Waals surface area contributed by atoms with Crippen LogP contribution in [-0.2, 0) is 4.31 Å². The Morgan fingerprint density at radius 3 is 0.818 bits per heavy atom. The summed E-state index contributed by atoms with van der Waals surface area (Å²) in [4.78, 5) is 37.0. The molecule has 11 heavy (non-hydrogen) atoms. The van der Waals surface area contributed by atoms with Crippen LogP contribution in [0.15, 0.2) is 0 Å². The summed E-state index contributed by atoms with van der Waals surface area (Å²) in [5.74, 6) is 0. The first-order chi connectivity index (χ1) is 3.13. The summed E-state index contributed by atoms with van der Waals surface area (Å²) in [6, 6.07) is 0. The van der Waals surface area contributed by atoms with Crippen LogP contribution >= 0.6 is 17.2 Å². The molecule has 0 bridgehead atoms. The molecule has 0 aliphatic heterocycles. The first-order valence-electron chi connectivity index (χ1n) is 1.10. The molecule has 0 aliphatic carbocycles. The Balaban J connectivity index is -0.0000000300. The molecule has 0 aromatic carbocycles. The Labute approximate surface area is 156 Å². The van der Waals surface area contributed by atoms with Crippen molar-refractivity contribution in [1.29, 1.82) is 0 Å². The fraction of sp³-hybridized carbons (Fsp3) is 0. The van der Waals surface area contributed by atoms with Crippen molar-refractivity contribution in [3.05, 3.63) is 0 Å². The summed E-state index contributed by atoms with van der Waals surface area (Å²) >= 11 is 0. The van der Waals surface area contributed by atoms with Crippen molar-refractivity contribution in [2.24, 2.45) is 0 Å². The van der Waals surface area contributed by atoms with E-state index in [0.29, 0.717) is 0 Å². The van der Waals surface area contributed by atoms with E-state index >= 15 is 0 Å². The van der Waals surface area contributed by atoms with Gasteiger partial charge in [-0.15, -0.1) is 0 Å². The van der Waals surface area contributed by atoms with Crippen molar-refractivity contribution in [3.63, 3.8) is 0 Å². The van der Waals surface area contributed by atoms with Crippen molar-refractivity contribution < 1.29 is 142 Å². The molecular formula is Na4O5P2. The van der Waals surface area contributed by atoms with Crippen molar-refractivity contribution in [3.8, 4) is 0 Å². The fourth-order valence-corrected chi connectivity index (χ4v) is 0.490. The third-order valence-electron chi connectivity index (χ3n) is 0.133. The average molecular weight is 234 g/mol. The topological polar surface area (TPSA) is 101 Å². The Bertz CT molecular complexity index is 45.7. The van der Waals surface area contributed by atoms with Crippen molar-refractivity contribution >= 4 is 17.2 Å². The minimum absolute atomic E-state index is 0. The molecule has 0 unspecified atom stereocenters. The zero-order chi connectivity index (χ0) is 5.86. The number of rotatable bonds is 2. The summed E-state index contributed by atoms with van der Waals surface area (Å²) in [7, 11) is -6.47. The number of hydrogen-bond donors (Lipinski definition) is 0. The predicted molar refractivity (Wildman–Crippen MR) is 14.9 cm³/mol. The molecule has 0 radical (unpaired) electrons. The Morgan fingerprint density at radius 2 is 0.818 bits per heavy atom. The van der Waals surface area contributed by atoms with Crippen LogP contribution in [0.1, 0.15) is 0 Å². The zero-order valence-electron chi connectivity index (χ0n) is 6.94. The van der Waals surface area contributed by atoms with Crippen LogP contribution in [0.4, 0.5) is 0 Å². The van der Waals surface area contributed by atoms with E-state index in [0.717, 1.165) is 0 Å². The summed E-state index contributed by atoms with van der Waals surface area (Å²) in [5.41, 5.74) is 0. The molecular weight excluding hydrogens is 234 g/mol. The standard InChI is InChI=1S/4Na.O5P2/c;;;;1-6(2)5-7(3)4/q4*+1;-4. The number of hydrogen-bond acceptors (Lipinski definition) is 5. The molecule has 0 aliphatic rings. The molecule has 5 nitrogen and oxygen atoms in total. The molecule has 0 aromatic heterocycles. The molecule has 0 fully saturated rings. The maximum atomic E-state index is 9.24. The van der Waals surface area contributed by atoms with Gasteiger partial charge < -0.3 is 23.9 Å². The minimum Gasteiger partial charge on any atom is -0.820 e. The Kier molecular flexibility index (Phi) is 54.2. The van der Waals surface area contributed by atoms with Gasteiger partial charge in [0.25, 0.3) is 0 Å². The molecule has 0 amide bonds. The van der Waals surface area contributed by atoms with E-state index in [-0.39, 0.29) is 118 Å². The van der Waals surface area contributed by atoms with Crippen LogP contribution in [0.25, 0.3) is 0 Å². The molecule has 0 saturated carbocycles. The van der Waals surface area contributed by atoms with E-state index in [9.17, 15) is 19.6 Å². The summed E-state index contributed by atoms with van der Waals surface area (Å²) in [6.45, 7) is 0. The SMILES string of the molecule is [Na+].[Na+].[Na+].[Na+].[O-]P([O-])OP([O-])[O-]. The van der Waals surface area contributed by atoms with Crippen LogP contribution in [0.3, 0.4) is 0 Å². The fourth-order valence-electron chi connectivity index (χ4n) is 0.0544. The van der Waals surface area contributed by atoms with Gasteiger partial charge in [-0.2, -0.15) is 17.2 Å². The van der Waals surface area contributed by atoms with Crippen LogP contribution in [0.2, 0.25) is 0 Å². The predicted octanol–water partition coefficient (Wildman–Crippen LogP) is -15.1. The van der Waals surface area contributed by atoms with Gasteiger partial charge in [-0.25, -0.2) is 0 Å². The Hall–Kier alpha value is 4.66. The smallest absolute Gasteiger partial charge is 0.820 e. The van der Waals surface area contributed by atoms with E-state index in [2.05, 4.69) is 4.31 Å². The summed E-state index contributed by atoms with van der Waals surface area (Å²) < 4.78 is 3.16. The van der Waals surface area contributed by atoms with Gasteiger partial charge in [0.15, 0.2) is 0 Å². The maximum Gasteiger partial charge on any atom is 1.00 e. The first-order valence-corrected chi connectivity index (χ1v) is 3.29. The monoisotopic (exact) mass is 234 g/mol. The summed E-state index contributed by atoms with van der Waals surface area (Å²) in [6.07, 6.45) is 0. The van der Waals surface area contributed by atoms with E-state index < -0.39 is 17.2 Å². The first kappa shape index (κ1) is 29.6. The van der Waals surface area contributed by atoms with Crippen LogP contribution in [0, 0.1) is 0 Å². The van der Waals surface area contributed by atoms with Crippen LogP contribution in [0.5, 0.6) is 0 Å². The second-order valence-corrected chi connectivity index (χ2v) is 2.08. The molecule has 0 rings (SSSR count). The molecule has 0 aromatic rings. The van der Waals surface area contributed by atoms with Gasteiger partial charge in [0.2, 0.25) is 0 Å². The van der Waals surface area contributed by atoms with Gasteiger partial charge in [-0.3, -0.25) is 0 Å². The van der Waals surface area contributed by atoms with Crippen LogP contribution in [-0.4, -0.2) is 0 Å². The Morgan fingerprint density at radius 1 is 0.636 bits per heavy atom. The van der Waals surface area contributed by atoms with E-state index in [1.807, 2.05) is 0 Å². The molecule has 0 atom stereocenters. The third-order valence-corrected chi connectivity index (χ3v) is 1.20. The third kappa shape index (κ3) is 31.3. The van der Waals surface area contributed by atoms with Crippen molar-refractivity contribution in [2.75, 3.05) is 0 Å². The molecule has 0 heterocycles. The van der Waals surface area contributed by atoms with E-state index in [4.69, 9.17) is 0 Å². The van der Waals surface area contributed by atoms with Crippen molar-refractivity contribution in [1.82, 2.24) is 0 Å². The molecule has 0 N–H and O–H groups in total. The van der Waals surface area contributed by atoms with Crippen LogP contribution < -0.4 is 138 Å². The van der Waals surface area contributed by atoms with Gasteiger partial charge in [-0.1, -0.05) is 0 Å². The van der Waals surface area contributed by atoms with Gasteiger partial charge in [0, 0.05) is 0 Å². The normalized spacial score (nSPS) is 7.09. The minimum atomic E-state index is -3.24. The van der Waals surface area contributed by atoms with Crippen molar-refractivity contribution in [2.45, 2.75) is 0 Å². The quantitative estimate of drug-likeness (QED) is 0.348. The van der Waals surface area contributed by atoms with Gasteiger partial charge in [0.05, 0.1) is 0 Å². The van der Waals surface area contributed by atoms with Gasteiger partial charge in [0.1, 0.15) is 0 Å². The van der Waals surface area contributed by atoms with Gasteiger partial charge in [-0.05, 0) is 0 Å². The average Bonchev–Trinajstić information content (AvgIpc) is 1.27.